The second-order valence-corrected chi connectivity index (χ2v) is 14.9. The van der Waals surface area contributed by atoms with Crippen LogP contribution in [0.2, 0.25) is 16.8 Å². The van der Waals surface area contributed by atoms with E-state index in [-0.39, 0.29) is 0 Å². The van der Waals surface area contributed by atoms with E-state index in [2.05, 4.69) is 41.8 Å². The molecule has 0 unspecified atom stereocenters. The van der Waals surface area contributed by atoms with Crippen LogP contribution in [-0.4, -0.2) is 19.1 Å². The van der Waals surface area contributed by atoms with Gasteiger partial charge in [-0.1, -0.05) is 0 Å². The summed E-state index contributed by atoms with van der Waals surface area (Å²) in [6.45, 7) is 0. The summed E-state index contributed by atoms with van der Waals surface area (Å²) < 4.78 is 1.61. The Labute approximate surface area is 95.0 Å². The van der Waals surface area contributed by atoms with Crippen LogP contribution in [0.3, 0.4) is 0 Å². The molecular formula is C12H19ClGe. The maximum atomic E-state index is 5.70. The van der Waals surface area contributed by atoms with Gasteiger partial charge in [0, 0.05) is 0 Å². The van der Waals surface area contributed by atoms with Gasteiger partial charge < -0.3 is 0 Å². The van der Waals surface area contributed by atoms with Crippen molar-refractivity contribution >= 4 is 29.3 Å². The van der Waals surface area contributed by atoms with Crippen molar-refractivity contribution in [3.05, 3.63) is 30.3 Å². The third-order valence-corrected chi connectivity index (χ3v) is 10.4. The van der Waals surface area contributed by atoms with Crippen molar-refractivity contribution in [1.29, 1.82) is 0 Å². The quantitative estimate of drug-likeness (QED) is 0.436. The molecule has 0 nitrogen and oxygen atoms in total. The summed E-state index contributed by atoms with van der Waals surface area (Å²) in [6.07, 6.45) is 2.47. The molecule has 1 aromatic carbocycles. The monoisotopic (exact) mass is 272 g/mol. The van der Waals surface area contributed by atoms with E-state index in [1.54, 1.807) is 4.40 Å². The molecule has 0 aromatic heterocycles. The van der Waals surface area contributed by atoms with Crippen molar-refractivity contribution in [3.8, 4) is 0 Å². The van der Waals surface area contributed by atoms with Gasteiger partial charge in [0.05, 0.1) is 0 Å². The van der Waals surface area contributed by atoms with E-state index in [4.69, 9.17) is 11.6 Å². The molecule has 0 aliphatic carbocycles. The van der Waals surface area contributed by atoms with Crippen LogP contribution in [-0.2, 0) is 0 Å². The Hall–Kier alpha value is 0.0529. The number of hydrogen-bond donors (Lipinski definition) is 0. The molecule has 0 heterocycles. The van der Waals surface area contributed by atoms with E-state index in [0.717, 1.165) is 5.88 Å². The van der Waals surface area contributed by atoms with Gasteiger partial charge >= 0.3 is 95.1 Å². The first-order chi connectivity index (χ1) is 6.67. The van der Waals surface area contributed by atoms with E-state index < -0.39 is 13.3 Å². The van der Waals surface area contributed by atoms with Gasteiger partial charge in [0.25, 0.3) is 0 Å². The van der Waals surface area contributed by atoms with E-state index in [9.17, 15) is 0 Å². The summed E-state index contributed by atoms with van der Waals surface area (Å²) in [6, 6.07) is 11.0. The van der Waals surface area contributed by atoms with Crippen molar-refractivity contribution in [3.63, 3.8) is 0 Å². The second kappa shape index (κ2) is 5.82. The molecular weight excluding hydrogens is 252 g/mol. The molecule has 1 aromatic rings. The van der Waals surface area contributed by atoms with Gasteiger partial charge in [0.15, 0.2) is 0 Å². The SMILES string of the molecule is [CH3][Ge]([CH3])([CH2]CCCCl)[c]1ccccc1. The summed E-state index contributed by atoms with van der Waals surface area (Å²) in [5.41, 5.74) is 0. The van der Waals surface area contributed by atoms with Gasteiger partial charge in [-0.3, -0.25) is 0 Å². The van der Waals surface area contributed by atoms with Gasteiger partial charge in [0.2, 0.25) is 0 Å². The number of unbranched alkanes of at least 4 members (excludes halogenated alkanes) is 1. The molecule has 0 bridgehead atoms. The Morgan fingerprint density at radius 2 is 1.71 bits per heavy atom. The summed E-state index contributed by atoms with van der Waals surface area (Å²) in [5, 5.41) is 1.40. The summed E-state index contributed by atoms with van der Waals surface area (Å²) in [7, 11) is 0. The molecule has 0 saturated heterocycles. The van der Waals surface area contributed by atoms with Gasteiger partial charge in [-0.15, -0.1) is 0 Å². The topological polar surface area (TPSA) is 0 Å². The zero-order chi connectivity index (χ0) is 10.4. The fourth-order valence-electron chi connectivity index (χ4n) is 1.70. The van der Waals surface area contributed by atoms with Crippen LogP contribution in [0.15, 0.2) is 30.3 Å². The average molecular weight is 271 g/mol. The Bertz CT molecular complexity index is 256. The minimum atomic E-state index is -1.69. The van der Waals surface area contributed by atoms with Crippen molar-refractivity contribution in [2.24, 2.45) is 0 Å². The molecule has 14 heavy (non-hydrogen) atoms. The van der Waals surface area contributed by atoms with Crippen LogP contribution >= 0.6 is 11.6 Å². The first-order valence-electron chi connectivity index (χ1n) is 5.28. The van der Waals surface area contributed by atoms with E-state index >= 15 is 0 Å². The molecule has 0 N–H and O–H groups in total. The van der Waals surface area contributed by atoms with Crippen LogP contribution in [0, 0.1) is 0 Å². The molecule has 1 rings (SSSR count). The second-order valence-electron chi connectivity index (χ2n) is 4.40. The van der Waals surface area contributed by atoms with Crippen LogP contribution in [0.4, 0.5) is 0 Å². The number of hydrogen-bond acceptors (Lipinski definition) is 0. The van der Waals surface area contributed by atoms with Crippen LogP contribution in [0.25, 0.3) is 0 Å². The van der Waals surface area contributed by atoms with Crippen LogP contribution in [0.1, 0.15) is 12.8 Å². The summed E-state index contributed by atoms with van der Waals surface area (Å²) in [5.74, 6) is 5.79. The first-order valence-corrected chi connectivity index (χ1v) is 12.5. The maximum absolute atomic E-state index is 5.70. The first kappa shape index (κ1) is 12.1. The van der Waals surface area contributed by atoms with Gasteiger partial charge in [-0.25, -0.2) is 0 Å². The van der Waals surface area contributed by atoms with E-state index in [1.807, 2.05) is 0 Å². The zero-order valence-electron chi connectivity index (χ0n) is 9.09. The van der Waals surface area contributed by atoms with Gasteiger partial charge in [0.1, 0.15) is 0 Å². The van der Waals surface area contributed by atoms with Crippen molar-refractivity contribution in [2.75, 3.05) is 5.88 Å². The zero-order valence-corrected chi connectivity index (χ0v) is 11.9. The van der Waals surface area contributed by atoms with Crippen LogP contribution in [0.5, 0.6) is 0 Å². The molecule has 0 aliphatic rings. The standard InChI is InChI=1S/C12H19ClGe/c1-14(2,11-7-6-10-13)12-8-4-3-5-9-12/h3-5,8-9H,6-7,10-11H2,1-2H3. The number of benzene rings is 1. The summed E-state index contributed by atoms with van der Waals surface area (Å²) >= 11 is 4.01. The molecule has 0 saturated carbocycles. The minimum absolute atomic E-state index is 0.813. The Kier molecular flexibility index (Phi) is 5.04. The van der Waals surface area contributed by atoms with Crippen LogP contribution < -0.4 is 4.40 Å². The van der Waals surface area contributed by atoms with Crippen molar-refractivity contribution in [1.82, 2.24) is 0 Å². The van der Waals surface area contributed by atoms with Gasteiger partial charge in [-0.2, -0.15) is 0 Å². The molecule has 0 radical (unpaired) electrons. The van der Waals surface area contributed by atoms with E-state index in [0.29, 0.717) is 0 Å². The third-order valence-electron chi connectivity index (χ3n) is 2.74. The number of halogens is 1. The molecule has 0 fully saturated rings. The van der Waals surface area contributed by atoms with Crippen molar-refractivity contribution < 1.29 is 0 Å². The molecule has 0 aliphatic heterocycles. The fourth-order valence-corrected chi connectivity index (χ4v) is 7.17. The Morgan fingerprint density at radius 3 is 2.29 bits per heavy atom. The molecule has 78 valence electrons. The predicted octanol–water partition coefficient (Wildman–Crippen LogP) is 3.62. The molecule has 0 atom stereocenters. The van der Waals surface area contributed by atoms with Gasteiger partial charge in [-0.05, 0) is 0 Å². The summed E-state index contributed by atoms with van der Waals surface area (Å²) in [4.78, 5) is 0. The Morgan fingerprint density at radius 1 is 1.07 bits per heavy atom. The predicted molar refractivity (Wildman–Crippen MR) is 68.3 cm³/mol. The number of alkyl halides is 1. The fraction of sp³-hybridized carbons (Fsp3) is 0.500. The third kappa shape index (κ3) is 3.66. The Balaban J connectivity index is 2.56. The van der Waals surface area contributed by atoms with E-state index in [1.165, 1.54) is 18.1 Å². The van der Waals surface area contributed by atoms with Crippen molar-refractivity contribution in [2.45, 2.75) is 29.6 Å². The average Bonchev–Trinajstić information content (AvgIpc) is 2.19. The molecule has 2 heteroatoms. The number of rotatable bonds is 5. The molecule has 0 spiro atoms. The normalized spacial score (nSPS) is 11.6. The molecule has 0 amide bonds.